The molecule has 24 heavy (non-hydrogen) atoms. The van der Waals surface area contributed by atoms with Gasteiger partial charge in [0.25, 0.3) is 11.9 Å². The fraction of sp³-hybridized carbons (Fsp3) is 0.389. The molecule has 1 aromatic carbocycles. The lowest BCUT2D eigenvalue weighted by Crippen LogP contribution is -2.44. The molecule has 6 heteroatoms. The number of nitrogens with two attached hydrogens (primary N) is 1. The van der Waals surface area contributed by atoms with E-state index in [4.69, 9.17) is 14.9 Å². The van der Waals surface area contributed by atoms with Crippen molar-refractivity contribution in [1.29, 1.82) is 0 Å². The van der Waals surface area contributed by atoms with Crippen LogP contribution in [0.1, 0.15) is 36.2 Å². The van der Waals surface area contributed by atoms with Crippen molar-refractivity contribution in [2.45, 2.75) is 31.7 Å². The number of rotatable bonds is 5. The van der Waals surface area contributed by atoms with Crippen molar-refractivity contribution in [3.05, 3.63) is 48.2 Å². The molecule has 1 saturated carbocycles. The Morgan fingerprint density at radius 3 is 2.67 bits per heavy atom. The topological polar surface area (TPSA) is 77.5 Å². The first kappa shape index (κ1) is 18.4. The number of benzene rings is 1. The Hall–Kier alpha value is -1.98. The van der Waals surface area contributed by atoms with Crippen molar-refractivity contribution in [2.75, 3.05) is 6.54 Å². The lowest BCUT2D eigenvalue weighted by atomic mass is 9.84. The molecule has 1 amide bonds. The van der Waals surface area contributed by atoms with Crippen molar-refractivity contribution in [1.82, 2.24) is 5.32 Å². The van der Waals surface area contributed by atoms with Gasteiger partial charge in [0, 0.05) is 12.1 Å². The Morgan fingerprint density at radius 2 is 1.92 bits per heavy atom. The smallest absolute Gasteiger partial charge is 0.290 e. The molecule has 0 radical (unpaired) electrons. The van der Waals surface area contributed by atoms with Crippen molar-refractivity contribution < 1.29 is 13.9 Å². The zero-order chi connectivity index (χ0) is 16.1. The molecule has 2 aromatic rings. The highest BCUT2D eigenvalue weighted by atomic mass is 35.5. The monoisotopic (exact) mass is 350 g/mol. The Labute approximate surface area is 148 Å². The van der Waals surface area contributed by atoms with E-state index in [9.17, 15) is 4.79 Å². The molecule has 1 heterocycles. The van der Waals surface area contributed by atoms with Crippen molar-refractivity contribution in [2.24, 2.45) is 11.7 Å². The largest absolute Gasteiger partial charge is 0.426 e. The summed E-state index contributed by atoms with van der Waals surface area (Å²) in [7, 11) is 0. The molecule has 5 nitrogen and oxygen atoms in total. The summed E-state index contributed by atoms with van der Waals surface area (Å²) in [6.45, 7) is 0.603. The van der Waals surface area contributed by atoms with Gasteiger partial charge in [-0.25, -0.2) is 0 Å². The second-order valence-electron chi connectivity index (χ2n) is 5.89. The van der Waals surface area contributed by atoms with E-state index in [1.54, 1.807) is 12.1 Å². The summed E-state index contributed by atoms with van der Waals surface area (Å²) in [4.78, 5) is 12.3. The summed E-state index contributed by atoms with van der Waals surface area (Å²) in [6.07, 6.45) is 4.36. The zero-order valence-corrected chi connectivity index (χ0v) is 14.3. The lowest BCUT2D eigenvalue weighted by molar-refractivity contribution is 0.0875. The number of para-hydroxylation sites is 1. The number of carbonyl (C=O) groups is 1. The van der Waals surface area contributed by atoms with Gasteiger partial charge in [-0.1, -0.05) is 31.0 Å². The van der Waals surface area contributed by atoms with E-state index >= 15 is 0 Å². The maximum atomic E-state index is 12.3. The van der Waals surface area contributed by atoms with Gasteiger partial charge in [-0.2, -0.15) is 0 Å². The standard InChI is InChI=1S/C18H22N2O3.ClH/c19-12-13-6-4-5-9-15(13)20-18(21)16-10-11-17(23-16)22-14-7-2-1-3-8-14;/h1-3,7-8,10-11,13,15H,4-6,9,12,19H2,(H,20,21);1H. The number of halogens is 1. The van der Waals surface area contributed by atoms with E-state index in [1.807, 2.05) is 30.3 Å². The summed E-state index contributed by atoms with van der Waals surface area (Å²) >= 11 is 0. The Balaban J connectivity index is 0.00000208. The van der Waals surface area contributed by atoms with Crippen LogP contribution >= 0.6 is 12.4 Å². The van der Waals surface area contributed by atoms with Crippen LogP contribution in [0.15, 0.2) is 46.9 Å². The van der Waals surface area contributed by atoms with Gasteiger partial charge >= 0.3 is 0 Å². The van der Waals surface area contributed by atoms with Crippen molar-refractivity contribution >= 4 is 18.3 Å². The number of furan rings is 1. The molecule has 0 aliphatic heterocycles. The summed E-state index contributed by atoms with van der Waals surface area (Å²) in [6, 6.07) is 12.7. The third-order valence-electron chi connectivity index (χ3n) is 4.30. The van der Waals surface area contributed by atoms with Gasteiger partial charge in [0.1, 0.15) is 5.75 Å². The molecule has 0 spiro atoms. The number of amides is 1. The van der Waals surface area contributed by atoms with Gasteiger partial charge in [-0.15, -0.1) is 12.4 Å². The summed E-state index contributed by atoms with van der Waals surface area (Å²) < 4.78 is 11.1. The maximum absolute atomic E-state index is 12.3. The Morgan fingerprint density at radius 1 is 1.17 bits per heavy atom. The van der Waals surface area contributed by atoms with Crippen LogP contribution in [0.25, 0.3) is 0 Å². The van der Waals surface area contributed by atoms with Crippen LogP contribution < -0.4 is 15.8 Å². The third-order valence-corrected chi connectivity index (χ3v) is 4.30. The maximum Gasteiger partial charge on any atom is 0.290 e. The minimum absolute atomic E-state index is 0. The number of hydrogen-bond acceptors (Lipinski definition) is 4. The van der Waals surface area contributed by atoms with E-state index in [0.29, 0.717) is 24.2 Å². The lowest BCUT2D eigenvalue weighted by Gasteiger charge is -2.30. The predicted octanol–water partition coefficient (Wildman–Crippen LogP) is 3.74. The molecule has 1 fully saturated rings. The number of ether oxygens (including phenoxy) is 1. The second-order valence-corrected chi connectivity index (χ2v) is 5.89. The molecule has 0 bridgehead atoms. The summed E-state index contributed by atoms with van der Waals surface area (Å²) in [5.41, 5.74) is 5.80. The molecular formula is C18H23ClN2O3. The number of carbonyl (C=O) groups excluding carboxylic acids is 1. The zero-order valence-electron chi connectivity index (χ0n) is 13.4. The van der Waals surface area contributed by atoms with Crippen LogP contribution in [0.2, 0.25) is 0 Å². The highest BCUT2D eigenvalue weighted by molar-refractivity contribution is 5.91. The quantitative estimate of drug-likeness (QED) is 0.861. The fourth-order valence-electron chi connectivity index (χ4n) is 3.02. The molecule has 2 unspecified atom stereocenters. The molecule has 3 rings (SSSR count). The molecule has 130 valence electrons. The van der Waals surface area contributed by atoms with Gasteiger partial charge in [-0.3, -0.25) is 4.79 Å². The van der Waals surface area contributed by atoms with E-state index < -0.39 is 0 Å². The normalized spacial score (nSPS) is 20.0. The average molecular weight is 351 g/mol. The van der Waals surface area contributed by atoms with Crippen LogP contribution in [-0.2, 0) is 0 Å². The second kappa shape index (κ2) is 8.76. The minimum atomic E-state index is -0.210. The van der Waals surface area contributed by atoms with Crippen molar-refractivity contribution in [3.63, 3.8) is 0 Å². The molecule has 3 N–H and O–H groups in total. The van der Waals surface area contributed by atoms with Crippen LogP contribution in [0, 0.1) is 5.92 Å². The highest BCUT2D eigenvalue weighted by Crippen LogP contribution is 2.26. The van der Waals surface area contributed by atoms with Gasteiger partial charge in [0.05, 0.1) is 0 Å². The molecule has 0 saturated heterocycles. The van der Waals surface area contributed by atoms with E-state index in [1.165, 1.54) is 6.42 Å². The summed E-state index contributed by atoms with van der Waals surface area (Å²) in [5.74, 6) is 1.38. The Kier molecular flexibility index (Phi) is 6.70. The molecule has 1 aromatic heterocycles. The van der Waals surface area contributed by atoms with Crippen LogP contribution in [-0.4, -0.2) is 18.5 Å². The third kappa shape index (κ3) is 4.52. The van der Waals surface area contributed by atoms with Gasteiger partial charge < -0.3 is 20.2 Å². The first-order chi connectivity index (χ1) is 11.3. The fourth-order valence-corrected chi connectivity index (χ4v) is 3.02. The van der Waals surface area contributed by atoms with E-state index in [-0.39, 0.29) is 30.1 Å². The molecule has 1 aliphatic carbocycles. The first-order valence-electron chi connectivity index (χ1n) is 8.10. The van der Waals surface area contributed by atoms with Crippen LogP contribution in [0.3, 0.4) is 0 Å². The molecular weight excluding hydrogens is 328 g/mol. The number of nitrogens with one attached hydrogen (secondary N) is 1. The first-order valence-corrected chi connectivity index (χ1v) is 8.10. The van der Waals surface area contributed by atoms with Crippen LogP contribution in [0.5, 0.6) is 11.7 Å². The van der Waals surface area contributed by atoms with E-state index in [0.717, 1.165) is 19.3 Å². The molecule has 1 aliphatic rings. The van der Waals surface area contributed by atoms with Crippen LogP contribution in [0.4, 0.5) is 0 Å². The SMILES string of the molecule is Cl.NCC1CCCCC1NC(=O)c1ccc(Oc2ccccc2)o1. The Bertz CT molecular complexity index is 645. The van der Waals surface area contributed by atoms with Gasteiger partial charge in [-0.05, 0) is 43.5 Å². The number of hydrogen-bond donors (Lipinski definition) is 2. The van der Waals surface area contributed by atoms with E-state index in [2.05, 4.69) is 5.32 Å². The average Bonchev–Trinajstić information content (AvgIpc) is 3.05. The summed E-state index contributed by atoms with van der Waals surface area (Å²) in [5, 5.41) is 3.05. The predicted molar refractivity (Wildman–Crippen MR) is 94.7 cm³/mol. The van der Waals surface area contributed by atoms with Gasteiger partial charge in [0.15, 0.2) is 5.76 Å². The highest BCUT2D eigenvalue weighted by Gasteiger charge is 2.26. The minimum Gasteiger partial charge on any atom is -0.426 e. The van der Waals surface area contributed by atoms with Gasteiger partial charge in [0.2, 0.25) is 0 Å². The molecule has 2 atom stereocenters. The van der Waals surface area contributed by atoms with Crippen molar-refractivity contribution in [3.8, 4) is 11.7 Å².